The van der Waals surface area contributed by atoms with Crippen LogP contribution in [0.15, 0.2) is 41.3 Å². The summed E-state index contributed by atoms with van der Waals surface area (Å²) in [4.78, 5) is 3.44. The van der Waals surface area contributed by atoms with Gasteiger partial charge >= 0.3 is 0 Å². The average molecular weight is 363 g/mol. The standard InChI is InChI=1S/C19H26N2OS2/c1-14-10-17(8-9-19(14)23-4)22-18-11-15(12-20-24-5)6-7-16(18)13-21(2)3/h6-11,20H,12-13H2,1-5H3. The van der Waals surface area contributed by atoms with Gasteiger partial charge in [0.05, 0.1) is 0 Å². The van der Waals surface area contributed by atoms with Crippen LogP contribution in [0.2, 0.25) is 0 Å². The molecule has 0 aliphatic carbocycles. The Balaban J connectivity index is 2.28. The van der Waals surface area contributed by atoms with Gasteiger partial charge in [-0.2, -0.15) is 0 Å². The van der Waals surface area contributed by atoms with Gasteiger partial charge in [0.25, 0.3) is 0 Å². The van der Waals surface area contributed by atoms with Crippen molar-refractivity contribution in [3.63, 3.8) is 0 Å². The Hall–Kier alpha value is -1.14. The smallest absolute Gasteiger partial charge is 0.132 e. The van der Waals surface area contributed by atoms with Crippen molar-refractivity contribution in [3.05, 3.63) is 53.1 Å². The van der Waals surface area contributed by atoms with E-state index in [4.69, 9.17) is 4.74 Å². The minimum Gasteiger partial charge on any atom is -0.457 e. The number of nitrogens with zero attached hydrogens (tertiary/aromatic N) is 1. The molecule has 0 saturated carbocycles. The zero-order chi connectivity index (χ0) is 17.5. The van der Waals surface area contributed by atoms with E-state index in [-0.39, 0.29) is 0 Å². The van der Waals surface area contributed by atoms with Crippen LogP contribution in [0.4, 0.5) is 0 Å². The molecule has 2 aromatic carbocycles. The van der Waals surface area contributed by atoms with Gasteiger partial charge in [-0.1, -0.05) is 24.1 Å². The molecule has 130 valence electrons. The molecule has 0 unspecified atom stereocenters. The lowest BCUT2D eigenvalue weighted by molar-refractivity contribution is 0.388. The molecule has 2 rings (SSSR count). The van der Waals surface area contributed by atoms with Crippen LogP contribution in [-0.2, 0) is 13.1 Å². The fourth-order valence-corrected chi connectivity index (χ4v) is 3.37. The maximum Gasteiger partial charge on any atom is 0.132 e. The molecule has 0 aromatic heterocycles. The number of hydrogen-bond acceptors (Lipinski definition) is 5. The molecule has 0 aliphatic rings. The van der Waals surface area contributed by atoms with E-state index in [1.807, 2.05) is 12.3 Å². The van der Waals surface area contributed by atoms with Gasteiger partial charge in [-0.05, 0) is 68.9 Å². The summed E-state index contributed by atoms with van der Waals surface area (Å²) in [6, 6.07) is 12.7. The molecule has 0 heterocycles. The maximum atomic E-state index is 6.24. The second kappa shape index (κ2) is 9.37. The van der Waals surface area contributed by atoms with Gasteiger partial charge in [-0.25, -0.2) is 0 Å². The van der Waals surface area contributed by atoms with Crippen LogP contribution in [0.25, 0.3) is 0 Å². The first-order valence-corrected chi connectivity index (χ1v) is 10.3. The van der Waals surface area contributed by atoms with E-state index < -0.39 is 0 Å². The van der Waals surface area contributed by atoms with Crippen LogP contribution in [0.3, 0.4) is 0 Å². The Bertz CT molecular complexity index is 674. The summed E-state index contributed by atoms with van der Waals surface area (Å²) in [6.45, 7) is 3.80. The molecule has 1 N–H and O–H groups in total. The molecule has 0 aliphatic heterocycles. The molecule has 0 fully saturated rings. The van der Waals surface area contributed by atoms with Crippen LogP contribution in [0, 0.1) is 6.92 Å². The monoisotopic (exact) mass is 362 g/mol. The zero-order valence-electron chi connectivity index (χ0n) is 15.1. The minimum atomic E-state index is 0.824. The summed E-state index contributed by atoms with van der Waals surface area (Å²) in [6.07, 6.45) is 4.13. The van der Waals surface area contributed by atoms with Crippen molar-refractivity contribution in [1.82, 2.24) is 9.62 Å². The van der Waals surface area contributed by atoms with E-state index in [2.05, 4.69) is 67.2 Å². The van der Waals surface area contributed by atoms with Crippen molar-refractivity contribution in [3.8, 4) is 11.5 Å². The third kappa shape index (κ3) is 5.45. The molecule has 0 atom stereocenters. The Morgan fingerprint density at radius 3 is 2.50 bits per heavy atom. The number of ether oxygens (including phenoxy) is 1. The average Bonchev–Trinajstić information content (AvgIpc) is 2.55. The predicted octanol–water partition coefficient (Wildman–Crippen LogP) is 4.94. The van der Waals surface area contributed by atoms with Crippen molar-refractivity contribution in [2.75, 3.05) is 26.6 Å². The molecular formula is C19H26N2OS2. The maximum absolute atomic E-state index is 6.24. The lowest BCUT2D eigenvalue weighted by Gasteiger charge is -2.17. The van der Waals surface area contributed by atoms with E-state index in [0.29, 0.717) is 0 Å². The number of hydrogen-bond donors (Lipinski definition) is 1. The summed E-state index contributed by atoms with van der Waals surface area (Å²) in [7, 11) is 4.15. The molecular weight excluding hydrogens is 336 g/mol. The molecule has 0 saturated heterocycles. The van der Waals surface area contributed by atoms with E-state index in [9.17, 15) is 0 Å². The lowest BCUT2D eigenvalue weighted by atomic mass is 10.1. The van der Waals surface area contributed by atoms with Crippen LogP contribution in [0.5, 0.6) is 11.5 Å². The van der Waals surface area contributed by atoms with Gasteiger partial charge in [-0.15, -0.1) is 11.8 Å². The normalized spacial score (nSPS) is 11.1. The second-order valence-electron chi connectivity index (χ2n) is 5.94. The van der Waals surface area contributed by atoms with E-state index in [1.54, 1.807) is 23.7 Å². The Kier molecular flexibility index (Phi) is 7.49. The van der Waals surface area contributed by atoms with Crippen molar-refractivity contribution in [1.29, 1.82) is 0 Å². The molecule has 5 heteroatoms. The van der Waals surface area contributed by atoms with Crippen LogP contribution < -0.4 is 9.46 Å². The first-order chi connectivity index (χ1) is 11.5. The molecule has 2 aromatic rings. The van der Waals surface area contributed by atoms with Crippen LogP contribution in [0.1, 0.15) is 16.7 Å². The van der Waals surface area contributed by atoms with Gasteiger partial charge in [0.2, 0.25) is 0 Å². The molecule has 0 amide bonds. The highest BCUT2D eigenvalue weighted by atomic mass is 32.2. The van der Waals surface area contributed by atoms with Gasteiger partial charge in [0.1, 0.15) is 11.5 Å². The third-order valence-corrected chi connectivity index (χ3v) is 4.96. The molecule has 0 bridgehead atoms. The van der Waals surface area contributed by atoms with Gasteiger partial charge in [0, 0.05) is 23.5 Å². The molecule has 3 nitrogen and oxygen atoms in total. The number of benzene rings is 2. The van der Waals surface area contributed by atoms with Gasteiger partial charge in [0.15, 0.2) is 0 Å². The summed E-state index contributed by atoms with van der Waals surface area (Å²) in [5.41, 5.74) is 3.66. The van der Waals surface area contributed by atoms with Crippen molar-refractivity contribution >= 4 is 23.7 Å². The lowest BCUT2D eigenvalue weighted by Crippen LogP contribution is -2.12. The highest BCUT2D eigenvalue weighted by molar-refractivity contribution is 7.98. The number of nitrogens with one attached hydrogen (secondary N) is 1. The van der Waals surface area contributed by atoms with Gasteiger partial charge in [-0.3, -0.25) is 4.72 Å². The summed E-state index contributed by atoms with van der Waals surface area (Å²) >= 11 is 3.39. The van der Waals surface area contributed by atoms with Crippen LogP contribution in [-0.4, -0.2) is 31.5 Å². The Morgan fingerprint density at radius 2 is 1.88 bits per heavy atom. The van der Waals surface area contributed by atoms with Crippen molar-refractivity contribution in [2.24, 2.45) is 0 Å². The summed E-state index contributed by atoms with van der Waals surface area (Å²) < 4.78 is 9.53. The van der Waals surface area contributed by atoms with Gasteiger partial charge < -0.3 is 9.64 Å². The molecule has 0 radical (unpaired) electrons. The van der Waals surface area contributed by atoms with E-state index in [1.165, 1.54) is 21.6 Å². The highest BCUT2D eigenvalue weighted by Crippen LogP contribution is 2.30. The minimum absolute atomic E-state index is 0.824. The molecule has 24 heavy (non-hydrogen) atoms. The third-order valence-electron chi connectivity index (χ3n) is 3.63. The predicted molar refractivity (Wildman–Crippen MR) is 107 cm³/mol. The quantitative estimate of drug-likeness (QED) is 0.530. The number of rotatable bonds is 8. The Morgan fingerprint density at radius 1 is 1.08 bits per heavy atom. The SMILES string of the molecule is CSNCc1ccc(CN(C)C)c(Oc2ccc(SC)c(C)c2)c1. The van der Waals surface area contributed by atoms with Crippen LogP contribution >= 0.6 is 23.7 Å². The highest BCUT2D eigenvalue weighted by Gasteiger charge is 2.09. The van der Waals surface area contributed by atoms with Crippen molar-refractivity contribution < 1.29 is 4.74 Å². The Labute approximate surface area is 154 Å². The zero-order valence-corrected chi connectivity index (χ0v) is 16.7. The van der Waals surface area contributed by atoms with Crippen molar-refractivity contribution in [2.45, 2.75) is 24.9 Å². The summed E-state index contributed by atoms with van der Waals surface area (Å²) in [5.74, 6) is 1.82. The first kappa shape index (κ1) is 19.2. The number of thioether (sulfide) groups is 1. The molecule has 0 spiro atoms. The first-order valence-electron chi connectivity index (χ1n) is 7.88. The largest absolute Gasteiger partial charge is 0.457 e. The number of aryl methyl sites for hydroxylation is 1. The topological polar surface area (TPSA) is 24.5 Å². The summed E-state index contributed by atoms with van der Waals surface area (Å²) in [5, 5.41) is 0. The fourth-order valence-electron chi connectivity index (χ4n) is 2.47. The second-order valence-corrected chi connectivity index (χ2v) is 7.48. The fraction of sp³-hybridized carbons (Fsp3) is 0.368. The van der Waals surface area contributed by atoms with E-state index in [0.717, 1.165) is 24.6 Å². The van der Waals surface area contributed by atoms with E-state index >= 15 is 0 Å².